The van der Waals surface area contributed by atoms with Crippen molar-refractivity contribution in [2.24, 2.45) is 11.7 Å². The van der Waals surface area contributed by atoms with E-state index in [-0.39, 0.29) is 0 Å². The van der Waals surface area contributed by atoms with E-state index in [1.807, 2.05) is 13.8 Å². The molecule has 1 aliphatic rings. The van der Waals surface area contributed by atoms with Crippen LogP contribution in [0.15, 0.2) is 0 Å². The number of rotatable bonds is 5. The van der Waals surface area contributed by atoms with Gasteiger partial charge in [0.2, 0.25) is 0 Å². The first-order valence-electron chi connectivity index (χ1n) is 5.66. The van der Waals surface area contributed by atoms with Crippen molar-refractivity contribution in [3.8, 4) is 0 Å². The molecule has 3 nitrogen and oxygen atoms in total. The van der Waals surface area contributed by atoms with Gasteiger partial charge in [-0.3, -0.25) is 0 Å². The Kier molecular flexibility index (Phi) is 4.35. The normalized spacial score (nSPS) is 24.4. The van der Waals surface area contributed by atoms with Crippen molar-refractivity contribution in [3.63, 3.8) is 0 Å². The molecule has 84 valence electrons. The maximum Gasteiger partial charge on any atom is 0.0603 e. The summed E-state index contributed by atoms with van der Waals surface area (Å²) in [5.41, 5.74) is 5.02. The third kappa shape index (κ3) is 4.40. The van der Waals surface area contributed by atoms with Gasteiger partial charge >= 0.3 is 0 Å². The van der Waals surface area contributed by atoms with Crippen LogP contribution in [0.5, 0.6) is 0 Å². The van der Waals surface area contributed by atoms with Crippen LogP contribution in [0.25, 0.3) is 0 Å². The minimum Gasteiger partial charge on any atom is -0.390 e. The fraction of sp³-hybridized carbons (Fsp3) is 1.00. The fourth-order valence-corrected chi connectivity index (χ4v) is 2.02. The van der Waals surface area contributed by atoms with E-state index in [2.05, 4.69) is 4.90 Å². The molecule has 0 radical (unpaired) electrons. The Morgan fingerprint density at radius 1 is 1.50 bits per heavy atom. The smallest absolute Gasteiger partial charge is 0.0603 e. The zero-order valence-electron chi connectivity index (χ0n) is 9.50. The molecule has 0 aromatic heterocycles. The molecule has 0 saturated carbocycles. The Morgan fingerprint density at radius 3 is 2.79 bits per heavy atom. The number of likely N-dealkylation sites (tertiary alicyclic amines) is 1. The zero-order valence-corrected chi connectivity index (χ0v) is 9.50. The Hall–Kier alpha value is -0.120. The van der Waals surface area contributed by atoms with E-state index in [1.165, 1.54) is 19.5 Å². The molecule has 1 atom stereocenters. The highest BCUT2D eigenvalue weighted by Gasteiger charge is 2.23. The average Bonchev–Trinajstić information content (AvgIpc) is 2.49. The molecule has 0 aromatic rings. The Morgan fingerprint density at radius 2 is 2.21 bits per heavy atom. The first kappa shape index (κ1) is 12.0. The van der Waals surface area contributed by atoms with Gasteiger partial charge in [-0.15, -0.1) is 0 Å². The molecular weight excluding hydrogens is 176 g/mol. The molecule has 0 spiro atoms. The molecule has 1 aliphatic heterocycles. The van der Waals surface area contributed by atoms with Gasteiger partial charge < -0.3 is 15.7 Å². The molecular formula is C11H24N2O. The third-order valence-electron chi connectivity index (χ3n) is 2.98. The van der Waals surface area contributed by atoms with Crippen molar-refractivity contribution in [1.29, 1.82) is 0 Å². The van der Waals surface area contributed by atoms with Gasteiger partial charge in [-0.1, -0.05) is 0 Å². The first-order valence-corrected chi connectivity index (χ1v) is 5.66. The standard InChI is InChI=1S/C11H24N2O/c1-11(2,14)5-8-13-7-4-10(9-13)3-6-12/h10,14H,3-9,12H2,1-2H3. The van der Waals surface area contributed by atoms with Gasteiger partial charge in [0, 0.05) is 13.1 Å². The van der Waals surface area contributed by atoms with Crippen molar-refractivity contribution in [2.75, 3.05) is 26.2 Å². The van der Waals surface area contributed by atoms with E-state index in [0.717, 1.165) is 31.8 Å². The lowest BCUT2D eigenvalue weighted by molar-refractivity contribution is 0.0601. The summed E-state index contributed by atoms with van der Waals surface area (Å²) in [6.07, 6.45) is 3.30. The van der Waals surface area contributed by atoms with Gasteiger partial charge in [0.1, 0.15) is 0 Å². The molecule has 0 amide bonds. The summed E-state index contributed by atoms with van der Waals surface area (Å²) in [7, 11) is 0. The van der Waals surface area contributed by atoms with Crippen LogP contribution in [0.3, 0.4) is 0 Å². The molecule has 14 heavy (non-hydrogen) atoms. The Balaban J connectivity index is 2.16. The predicted octanol–water partition coefficient (Wildman–Crippen LogP) is 0.818. The summed E-state index contributed by atoms with van der Waals surface area (Å²) in [6, 6.07) is 0. The van der Waals surface area contributed by atoms with E-state index < -0.39 is 5.60 Å². The second kappa shape index (κ2) is 5.10. The lowest BCUT2D eigenvalue weighted by Gasteiger charge is -2.22. The number of aliphatic hydroxyl groups is 1. The zero-order chi connectivity index (χ0) is 10.6. The Bertz CT molecular complexity index is 165. The lowest BCUT2D eigenvalue weighted by atomic mass is 10.0. The molecule has 3 N–H and O–H groups in total. The van der Waals surface area contributed by atoms with Gasteiger partial charge in [-0.2, -0.15) is 0 Å². The average molecular weight is 200 g/mol. The van der Waals surface area contributed by atoms with Crippen molar-refractivity contribution in [2.45, 2.75) is 38.7 Å². The first-order chi connectivity index (χ1) is 6.51. The number of hydrogen-bond donors (Lipinski definition) is 2. The van der Waals surface area contributed by atoms with Crippen LogP contribution >= 0.6 is 0 Å². The molecule has 1 fully saturated rings. The number of nitrogens with two attached hydrogens (primary N) is 1. The van der Waals surface area contributed by atoms with Crippen LogP contribution in [0, 0.1) is 5.92 Å². The van der Waals surface area contributed by atoms with Crippen molar-refractivity contribution < 1.29 is 5.11 Å². The van der Waals surface area contributed by atoms with Crippen molar-refractivity contribution >= 4 is 0 Å². The van der Waals surface area contributed by atoms with Crippen LogP contribution < -0.4 is 5.73 Å². The molecule has 3 heteroatoms. The summed E-state index contributed by atoms with van der Waals surface area (Å²) in [4.78, 5) is 2.44. The molecule has 1 saturated heterocycles. The predicted molar refractivity (Wildman–Crippen MR) is 59.1 cm³/mol. The van der Waals surface area contributed by atoms with E-state index in [4.69, 9.17) is 5.73 Å². The lowest BCUT2D eigenvalue weighted by Crippen LogP contribution is -2.29. The monoisotopic (exact) mass is 200 g/mol. The molecule has 0 aromatic carbocycles. The maximum absolute atomic E-state index is 9.60. The maximum atomic E-state index is 9.60. The topological polar surface area (TPSA) is 49.5 Å². The fourth-order valence-electron chi connectivity index (χ4n) is 2.02. The number of nitrogens with zero attached hydrogens (tertiary/aromatic N) is 1. The summed E-state index contributed by atoms with van der Waals surface area (Å²) in [5, 5.41) is 9.60. The Labute approximate surface area is 87.3 Å². The van der Waals surface area contributed by atoms with Crippen LogP contribution in [-0.2, 0) is 0 Å². The van der Waals surface area contributed by atoms with Crippen LogP contribution in [-0.4, -0.2) is 41.8 Å². The highest BCUT2D eigenvalue weighted by molar-refractivity contribution is 4.77. The van der Waals surface area contributed by atoms with Crippen molar-refractivity contribution in [1.82, 2.24) is 4.90 Å². The SMILES string of the molecule is CC(C)(O)CCN1CCC(CCN)C1. The van der Waals surface area contributed by atoms with Gasteiger partial charge in [0.05, 0.1) is 5.60 Å². The van der Waals surface area contributed by atoms with Crippen LogP contribution in [0.2, 0.25) is 0 Å². The molecule has 1 heterocycles. The minimum absolute atomic E-state index is 0.522. The van der Waals surface area contributed by atoms with E-state index in [0.29, 0.717) is 0 Å². The van der Waals surface area contributed by atoms with Gasteiger partial charge in [-0.25, -0.2) is 0 Å². The van der Waals surface area contributed by atoms with Crippen LogP contribution in [0.1, 0.15) is 33.1 Å². The van der Waals surface area contributed by atoms with Gasteiger partial charge in [0.25, 0.3) is 0 Å². The molecule has 0 bridgehead atoms. The van der Waals surface area contributed by atoms with E-state index in [9.17, 15) is 5.11 Å². The van der Waals surface area contributed by atoms with Crippen LogP contribution in [0.4, 0.5) is 0 Å². The highest BCUT2D eigenvalue weighted by atomic mass is 16.3. The second-order valence-corrected chi connectivity index (χ2v) is 5.10. The summed E-state index contributed by atoms with van der Waals surface area (Å²) >= 11 is 0. The van der Waals surface area contributed by atoms with E-state index >= 15 is 0 Å². The highest BCUT2D eigenvalue weighted by Crippen LogP contribution is 2.20. The quantitative estimate of drug-likeness (QED) is 0.691. The third-order valence-corrected chi connectivity index (χ3v) is 2.98. The second-order valence-electron chi connectivity index (χ2n) is 5.10. The summed E-state index contributed by atoms with van der Waals surface area (Å²) in [5.74, 6) is 0.793. The minimum atomic E-state index is -0.522. The largest absolute Gasteiger partial charge is 0.390 e. The molecule has 0 aliphatic carbocycles. The summed E-state index contributed by atoms with van der Waals surface area (Å²) in [6.45, 7) is 7.93. The van der Waals surface area contributed by atoms with E-state index in [1.54, 1.807) is 0 Å². The van der Waals surface area contributed by atoms with Crippen molar-refractivity contribution in [3.05, 3.63) is 0 Å². The van der Waals surface area contributed by atoms with Gasteiger partial charge in [-0.05, 0) is 52.1 Å². The number of hydrogen-bond acceptors (Lipinski definition) is 3. The summed E-state index contributed by atoms with van der Waals surface area (Å²) < 4.78 is 0. The molecule has 1 rings (SSSR count). The molecule has 1 unspecified atom stereocenters. The van der Waals surface area contributed by atoms with Gasteiger partial charge in [0.15, 0.2) is 0 Å².